The fourth-order valence-electron chi connectivity index (χ4n) is 3.66. The molecule has 0 aliphatic heterocycles. The summed E-state index contributed by atoms with van der Waals surface area (Å²) in [5, 5.41) is 2.91. The molecule has 1 aliphatic rings. The fraction of sp³-hybridized carbons (Fsp3) is 0.269. The number of fused-ring (bicyclic) bond motifs is 1. The second-order valence-corrected chi connectivity index (χ2v) is 7.69. The summed E-state index contributed by atoms with van der Waals surface area (Å²) < 4.78 is 11.7. The molecule has 1 amide bonds. The van der Waals surface area contributed by atoms with E-state index in [1.165, 1.54) is 24.0 Å². The molecule has 3 aromatic carbocycles. The van der Waals surface area contributed by atoms with Gasteiger partial charge in [0.15, 0.2) is 6.10 Å². The number of rotatable bonds is 7. The number of nitrogens with one attached hydrogen (secondary N) is 1. The quantitative estimate of drug-likeness (QED) is 0.565. The SMILES string of the molecule is C[C@@H](Oc1ccc2c(c1)CCCC2)C(=O)Nc1ccc(OCc2ccccc2)cc1. The lowest BCUT2D eigenvalue weighted by Gasteiger charge is -2.19. The van der Waals surface area contributed by atoms with Crippen LogP contribution in [0.25, 0.3) is 0 Å². The number of hydrogen-bond acceptors (Lipinski definition) is 3. The van der Waals surface area contributed by atoms with Crippen LogP contribution in [0.4, 0.5) is 5.69 Å². The van der Waals surface area contributed by atoms with E-state index in [-0.39, 0.29) is 5.91 Å². The van der Waals surface area contributed by atoms with Crippen LogP contribution in [0.5, 0.6) is 11.5 Å². The number of carbonyl (C=O) groups excluding carboxylic acids is 1. The lowest BCUT2D eigenvalue weighted by atomic mass is 9.92. The molecule has 0 heterocycles. The monoisotopic (exact) mass is 401 g/mol. The van der Waals surface area contributed by atoms with E-state index >= 15 is 0 Å². The third kappa shape index (κ3) is 5.20. The highest BCUT2D eigenvalue weighted by Gasteiger charge is 2.16. The van der Waals surface area contributed by atoms with Gasteiger partial charge in [-0.3, -0.25) is 4.79 Å². The highest BCUT2D eigenvalue weighted by molar-refractivity contribution is 5.94. The van der Waals surface area contributed by atoms with Gasteiger partial charge in [0.25, 0.3) is 5.91 Å². The van der Waals surface area contributed by atoms with Crippen LogP contribution in [0.3, 0.4) is 0 Å². The number of aryl methyl sites for hydroxylation is 2. The molecule has 0 radical (unpaired) electrons. The van der Waals surface area contributed by atoms with E-state index in [9.17, 15) is 4.79 Å². The van der Waals surface area contributed by atoms with Crippen LogP contribution in [0, 0.1) is 0 Å². The van der Waals surface area contributed by atoms with Crippen molar-refractivity contribution in [3.63, 3.8) is 0 Å². The van der Waals surface area contributed by atoms with Crippen molar-refractivity contribution in [1.82, 2.24) is 0 Å². The van der Waals surface area contributed by atoms with Crippen LogP contribution >= 0.6 is 0 Å². The first-order valence-corrected chi connectivity index (χ1v) is 10.5. The summed E-state index contributed by atoms with van der Waals surface area (Å²) in [4.78, 5) is 12.5. The van der Waals surface area contributed by atoms with Crippen molar-refractivity contribution in [1.29, 1.82) is 0 Å². The maximum atomic E-state index is 12.5. The van der Waals surface area contributed by atoms with Crippen molar-refractivity contribution < 1.29 is 14.3 Å². The maximum Gasteiger partial charge on any atom is 0.265 e. The number of anilines is 1. The minimum absolute atomic E-state index is 0.175. The molecule has 4 rings (SSSR count). The summed E-state index contributed by atoms with van der Waals surface area (Å²) >= 11 is 0. The molecular formula is C26H27NO3. The second kappa shape index (κ2) is 9.49. The third-order valence-corrected chi connectivity index (χ3v) is 5.37. The number of hydrogen-bond donors (Lipinski definition) is 1. The van der Waals surface area contributed by atoms with Gasteiger partial charge in [0, 0.05) is 5.69 Å². The van der Waals surface area contributed by atoms with Gasteiger partial charge in [-0.1, -0.05) is 36.4 Å². The summed E-state index contributed by atoms with van der Waals surface area (Å²) in [5.74, 6) is 1.34. The van der Waals surface area contributed by atoms with Crippen LogP contribution in [0.15, 0.2) is 72.8 Å². The molecule has 4 nitrogen and oxygen atoms in total. The molecule has 0 saturated carbocycles. The molecule has 154 valence electrons. The Bertz CT molecular complexity index is 983. The summed E-state index contributed by atoms with van der Waals surface area (Å²) in [5.41, 5.74) is 4.58. The molecule has 0 bridgehead atoms. The maximum absolute atomic E-state index is 12.5. The van der Waals surface area contributed by atoms with Gasteiger partial charge < -0.3 is 14.8 Å². The van der Waals surface area contributed by atoms with Crippen molar-refractivity contribution in [2.75, 3.05) is 5.32 Å². The highest BCUT2D eigenvalue weighted by Crippen LogP contribution is 2.26. The Hall–Kier alpha value is -3.27. The lowest BCUT2D eigenvalue weighted by molar-refractivity contribution is -0.122. The van der Waals surface area contributed by atoms with E-state index in [0.717, 1.165) is 29.9 Å². The molecule has 1 aliphatic carbocycles. The Morgan fingerprint density at radius 2 is 1.60 bits per heavy atom. The third-order valence-electron chi connectivity index (χ3n) is 5.37. The van der Waals surface area contributed by atoms with Gasteiger partial charge in [-0.25, -0.2) is 0 Å². The average molecular weight is 402 g/mol. The molecule has 0 saturated heterocycles. The Kier molecular flexibility index (Phi) is 6.33. The van der Waals surface area contributed by atoms with Gasteiger partial charge in [0.05, 0.1) is 0 Å². The predicted molar refractivity (Wildman–Crippen MR) is 119 cm³/mol. The lowest BCUT2D eigenvalue weighted by Crippen LogP contribution is -2.30. The molecule has 1 atom stereocenters. The Labute approximate surface area is 177 Å². The van der Waals surface area contributed by atoms with Crippen molar-refractivity contribution in [2.24, 2.45) is 0 Å². The normalized spacial score (nSPS) is 13.8. The molecule has 1 N–H and O–H groups in total. The molecule has 0 aromatic heterocycles. The highest BCUT2D eigenvalue weighted by atomic mass is 16.5. The second-order valence-electron chi connectivity index (χ2n) is 7.69. The fourth-order valence-corrected chi connectivity index (χ4v) is 3.66. The largest absolute Gasteiger partial charge is 0.489 e. The van der Waals surface area contributed by atoms with Crippen LogP contribution in [0.2, 0.25) is 0 Å². The Morgan fingerprint density at radius 1 is 0.900 bits per heavy atom. The van der Waals surface area contributed by atoms with Gasteiger partial charge >= 0.3 is 0 Å². The zero-order chi connectivity index (χ0) is 20.8. The van der Waals surface area contributed by atoms with E-state index < -0.39 is 6.10 Å². The van der Waals surface area contributed by atoms with Crippen molar-refractivity contribution in [2.45, 2.75) is 45.3 Å². The molecule has 0 unspecified atom stereocenters. The van der Waals surface area contributed by atoms with E-state index in [1.54, 1.807) is 6.92 Å². The predicted octanol–water partition coefficient (Wildman–Crippen LogP) is 5.55. The molecule has 3 aromatic rings. The zero-order valence-corrected chi connectivity index (χ0v) is 17.3. The van der Waals surface area contributed by atoms with Crippen molar-refractivity contribution in [3.8, 4) is 11.5 Å². The van der Waals surface area contributed by atoms with Crippen LogP contribution in [-0.4, -0.2) is 12.0 Å². The minimum atomic E-state index is -0.583. The number of carbonyl (C=O) groups is 1. The zero-order valence-electron chi connectivity index (χ0n) is 17.3. The number of ether oxygens (including phenoxy) is 2. The Balaban J connectivity index is 1.29. The first-order valence-electron chi connectivity index (χ1n) is 10.5. The Morgan fingerprint density at radius 3 is 2.37 bits per heavy atom. The number of amides is 1. The van der Waals surface area contributed by atoms with Crippen LogP contribution in [0.1, 0.15) is 36.5 Å². The van der Waals surface area contributed by atoms with Gasteiger partial charge in [-0.15, -0.1) is 0 Å². The topological polar surface area (TPSA) is 47.6 Å². The summed E-state index contributed by atoms with van der Waals surface area (Å²) in [6.45, 7) is 2.28. The van der Waals surface area contributed by atoms with Crippen molar-refractivity contribution >= 4 is 11.6 Å². The van der Waals surface area contributed by atoms with Gasteiger partial charge in [0.2, 0.25) is 0 Å². The molecule has 0 spiro atoms. The average Bonchev–Trinajstić information content (AvgIpc) is 2.79. The molecule has 30 heavy (non-hydrogen) atoms. The molecular weight excluding hydrogens is 374 g/mol. The summed E-state index contributed by atoms with van der Waals surface area (Å²) in [6.07, 6.45) is 4.11. The van der Waals surface area contributed by atoms with E-state index in [1.807, 2.05) is 60.7 Å². The minimum Gasteiger partial charge on any atom is -0.489 e. The van der Waals surface area contributed by atoms with Gasteiger partial charge in [-0.05, 0) is 85.7 Å². The summed E-state index contributed by atoms with van der Waals surface area (Å²) in [7, 11) is 0. The first-order chi connectivity index (χ1) is 14.7. The van der Waals surface area contributed by atoms with Crippen LogP contribution in [-0.2, 0) is 24.2 Å². The van der Waals surface area contributed by atoms with E-state index in [0.29, 0.717) is 12.3 Å². The summed E-state index contributed by atoms with van der Waals surface area (Å²) in [6, 6.07) is 23.6. The number of benzene rings is 3. The van der Waals surface area contributed by atoms with E-state index in [4.69, 9.17) is 9.47 Å². The first kappa shape index (κ1) is 20.0. The molecule has 0 fully saturated rings. The molecule has 4 heteroatoms. The van der Waals surface area contributed by atoms with Gasteiger partial charge in [0.1, 0.15) is 18.1 Å². The smallest absolute Gasteiger partial charge is 0.265 e. The van der Waals surface area contributed by atoms with E-state index in [2.05, 4.69) is 17.4 Å². The standard InChI is InChI=1S/C26H27NO3/c1-19(30-25-14-11-21-9-5-6-10-22(21)17-25)26(28)27-23-12-15-24(16-13-23)29-18-20-7-3-2-4-8-20/h2-4,7-8,11-17,19H,5-6,9-10,18H2,1H3,(H,27,28)/t19-/m1/s1. The van der Waals surface area contributed by atoms with Gasteiger partial charge in [-0.2, -0.15) is 0 Å². The van der Waals surface area contributed by atoms with Crippen molar-refractivity contribution in [3.05, 3.63) is 89.5 Å². The van der Waals surface area contributed by atoms with Crippen LogP contribution < -0.4 is 14.8 Å².